The minimum absolute atomic E-state index is 0.0801. The van der Waals surface area contributed by atoms with E-state index in [0.29, 0.717) is 0 Å². The van der Waals surface area contributed by atoms with Crippen LogP contribution in [0, 0.1) is 0 Å². The molecule has 3 heteroatoms. The Morgan fingerprint density at radius 3 is 1.54 bits per heavy atom. The highest BCUT2D eigenvalue weighted by molar-refractivity contribution is 6.24. The molecule has 10 aromatic carbocycles. The van der Waals surface area contributed by atoms with Crippen LogP contribution in [-0.2, 0) is 10.8 Å². The van der Waals surface area contributed by atoms with E-state index < -0.39 is 0 Å². The summed E-state index contributed by atoms with van der Waals surface area (Å²) in [6, 6.07) is 68.4. The number of rotatable bonds is 5. The number of hydrogen-bond acceptors (Lipinski definition) is 3. The molecule has 0 unspecified atom stereocenters. The van der Waals surface area contributed by atoms with E-state index in [1.807, 2.05) is 6.20 Å². The lowest BCUT2D eigenvalue weighted by Gasteiger charge is -2.19. The van der Waals surface area contributed by atoms with Crippen molar-refractivity contribution >= 4 is 65.3 Å². The van der Waals surface area contributed by atoms with Crippen LogP contribution in [0.15, 0.2) is 199 Å². The molecule has 0 atom stereocenters. The van der Waals surface area contributed by atoms with Gasteiger partial charge in [0.05, 0.1) is 22.9 Å². The Balaban J connectivity index is 0.980. The molecule has 322 valence electrons. The van der Waals surface area contributed by atoms with Gasteiger partial charge in [0.15, 0.2) is 0 Å². The molecule has 0 aliphatic rings. The van der Waals surface area contributed by atoms with Gasteiger partial charge in [0, 0.05) is 32.7 Å². The molecule has 2 heterocycles. The molecule has 0 bridgehead atoms. The van der Waals surface area contributed by atoms with E-state index >= 15 is 0 Å². The van der Waals surface area contributed by atoms with Crippen molar-refractivity contribution in [3.63, 3.8) is 0 Å². The van der Waals surface area contributed by atoms with Crippen LogP contribution >= 0.6 is 0 Å². The van der Waals surface area contributed by atoms with Crippen molar-refractivity contribution in [1.29, 1.82) is 0 Å². The third-order valence-electron chi connectivity index (χ3n) is 13.8. The second kappa shape index (κ2) is 15.4. The fraction of sp³-hybridized carbons (Fsp3) is 0.125. The molecule has 0 amide bonds. The zero-order valence-corrected chi connectivity index (χ0v) is 38.8. The van der Waals surface area contributed by atoms with Crippen LogP contribution in [0.1, 0.15) is 52.7 Å². The quantitative estimate of drug-likeness (QED) is 0.162. The second-order valence-corrected chi connectivity index (χ2v) is 20.2. The summed E-state index contributed by atoms with van der Waals surface area (Å²) in [6.45, 7) is 13.6. The van der Waals surface area contributed by atoms with Crippen LogP contribution in [0.5, 0.6) is 0 Å². The van der Waals surface area contributed by atoms with Gasteiger partial charge in [0.2, 0.25) is 0 Å². The number of furan rings is 1. The van der Waals surface area contributed by atoms with Crippen molar-refractivity contribution in [2.45, 2.75) is 52.4 Å². The monoisotopic (exact) mass is 862 g/mol. The first-order valence-corrected chi connectivity index (χ1v) is 23.4. The number of para-hydroxylation sites is 1. The van der Waals surface area contributed by atoms with E-state index in [0.717, 1.165) is 93.8 Å². The van der Waals surface area contributed by atoms with E-state index in [1.54, 1.807) is 0 Å². The molecule has 0 aliphatic heterocycles. The van der Waals surface area contributed by atoms with Crippen LogP contribution in [0.25, 0.3) is 121 Å². The largest absolute Gasteiger partial charge is 0.455 e. The molecule has 12 aromatic rings. The topological polar surface area (TPSA) is 38.9 Å². The first kappa shape index (κ1) is 40.6. The Hall–Kier alpha value is -7.88. The van der Waals surface area contributed by atoms with Crippen LogP contribution in [0.2, 0.25) is 0 Å². The molecule has 3 nitrogen and oxygen atoms in total. The van der Waals surface area contributed by atoms with Crippen LogP contribution in [0.4, 0.5) is 0 Å². The molecule has 0 radical (unpaired) electrons. The van der Waals surface area contributed by atoms with Crippen LogP contribution < -0.4 is 0 Å². The Morgan fingerprint density at radius 1 is 0.373 bits per heavy atom. The molecule has 0 N–H and O–H groups in total. The van der Waals surface area contributed by atoms with Crippen molar-refractivity contribution in [1.82, 2.24) is 9.97 Å². The smallest absolute Gasteiger partial charge is 0.143 e. The molecular formula is C64H50N2O. The van der Waals surface area contributed by atoms with Gasteiger partial charge >= 0.3 is 0 Å². The minimum atomic E-state index is 0.0801. The molecule has 0 fully saturated rings. The maximum Gasteiger partial charge on any atom is 0.143 e. The van der Waals surface area contributed by atoms with Gasteiger partial charge in [-0.25, -0.2) is 4.98 Å². The number of nitrogens with zero attached hydrogens (tertiary/aromatic N) is 2. The summed E-state index contributed by atoms with van der Waals surface area (Å²) in [5, 5.41) is 9.22. The molecule has 67 heavy (non-hydrogen) atoms. The zero-order valence-electron chi connectivity index (χ0n) is 38.8. The lowest BCUT2D eigenvalue weighted by Crippen LogP contribution is -2.10. The van der Waals surface area contributed by atoms with Gasteiger partial charge in [0.25, 0.3) is 0 Å². The average Bonchev–Trinajstić information content (AvgIpc) is 3.75. The zero-order chi connectivity index (χ0) is 45.6. The van der Waals surface area contributed by atoms with Crippen LogP contribution in [0.3, 0.4) is 0 Å². The van der Waals surface area contributed by atoms with Gasteiger partial charge in [-0.1, -0.05) is 199 Å². The first-order chi connectivity index (χ1) is 32.4. The van der Waals surface area contributed by atoms with E-state index in [9.17, 15) is 0 Å². The standard InChI is InChI=1S/C64H50N2O/c1-63(2,3)48-27-20-39(21-28-48)44-24-31-52-53-32-25-45(40-22-29-49(30-23-40)64(4,5)6)37-56(53)61-60(55(52)36-44)65-38-57(66-61)47-16-10-14-43(35-47)42-13-9-15-46(34-42)51-18-11-19-54-59-50-17-8-7-12-41(50)26-33-58(59)67-62(51)54/h7-38H,1-6H3. The Kier molecular flexibility index (Phi) is 9.31. The second-order valence-electron chi connectivity index (χ2n) is 20.2. The highest BCUT2D eigenvalue weighted by Crippen LogP contribution is 2.42. The van der Waals surface area contributed by atoms with Crippen molar-refractivity contribution in [3.8, 4) is 55.8 Å². The lowest BCUT2D eigenvalue weighted by molar-refractivity contribution is 0.590. The first-order valence-electron chi connectivity index (χ1n) is 23.4. The van der Waals surface area contributed by atoms with E-state index in [1.165, 1.54) is 38.4 Å². The Morgan fingerprint density at radius 2 is 0.896 bits per heavy atom. The summed E-state index contributed by atoms with van der Waals surface area (Å²) in [5.74, 6) is 0. The van der Waals surface area contributed by atoms with Gasteiger partial charge < -0.3 is 4.42 Å². The van der Waals surface area contributed by atoms with Crippen LogP contribution in [-0.4, -0.2) is 9.97 Å². The normalized spacial score (nSPS) is 12.3. The SMILES string of the molecule is CC(C)(C)c1ccc(-c2ccc3c4ccc(-c5ccc(C(C)(C)C)cc5)cc4c4nc(-c5cccc(-c6cccc(-c7cccc8c7oc7ccc9ccccc9c78)c6)c5)cnc4c3c2)cc1. The van der Waals surface area contributed by atoms with Gasteiger partial charge in [-0.15, -0.1) is 0 Å². The third kappa shape index (κ3) is 7.05. The van der Waals surface area contributed by atoms with Gasteiger partial charge in [-0.3, -0.25) is 4.98 Å². The van der Waals surface area contributed by atoms with E-state index in [-0.39, 0.29) is 10.8 Å². The summed E-state index contributed by atoms with van der Waals surface area (Å²) in [7, 11) is 0. The molecule has 0 spiro atoms. The fourth-order valence-corrected chi connectivity index (χ4v) is 10.1. The van der Waals surface area contributed by atoms with Gasteiger partial charge in [0.1, 0.15) is 11.2 Å². The predicted molar refractivity (Wildman–Crippen MR) is 284 cm³/mol. The maximum absolute atomic E-state index is 6.64. The van der Waals surface area contributed by atoms with Gasteiger partial charge in [-0.05, 0) is 113 Å². The predicted octanol–water partition coefficient (Wildman–Crippen LogP) is 17.9. The highest BCUT2D eigenvalue weighted by atomic mass is 16.3. The summed E-state index contributed by atoms with van der Waals surface area (Å²) in [6.07, 6.45) is 1.95. The molecule has 2 aromatic heterocycles. The Labute approximate surface area is 391 Å². The highest BCUT2D eigenvalue weighted by Gasteiger charge is 2.19. The number of benzene rings is 10. The Bertz CT molecular complexity index is 3920. The van der Waals surface area contributed by atoms with Crippen molar-refractivity contribution in [3.05, 3.63) is 205 Å². The van der Waals surface area contributed by atoms with Gasteiger partial charge in [-0.2, -0.15) is 0 Å². The number of aromatic nitrogens is 2. The van der Waals surface area contributed by atoms with Crippen molar-refractivity contribution in [2.75, 3.05) is 0 Å². The minimum Gasteiger partial charge on any atom is -0.455 e. The third-order valence-corrected chi connectivity index (χ3v) is 13.8. The summed E-state index contributed by atoms with van der Waals surface area (Å²) >= 11 is 0. The molecule has 0 saturated heterocycles. The summed E-state index contributed by atoms with van der Waals surface area (Å²) in [5.41, 5.74) is 17.3. The fourth-order valence-electron chi connectivity index (χ4n) is 10.1. The molecule has 0 aliphatic carbocycles. The van der Waals surface area contributed by atoms with Crippen molar-refractivity contribution < 1.29 is 4.42 Å². The molecule has 0 saturated carbocycles. The maximum atomic E-state index is 6.64. The summed E-state index contributed by atoms with van der Waals surface area (Å²) < 4.78 is 6.64. The number of fused-ring (bicyclic) bond motifs is 11. The number of hydrogen-bond donors (Lipinski definition) is 0. The van der Waals surface area contributed by atoms with E-state index in [2.05, 4.69) is 230 Å². The van der Waals surface area contributed by atoms with Crippen molar-refractivity contribution in [2.24, 2.45) is 0 Å². The average molecular weight is 863 g/mol. The molecular weight excluding hydrogens is 813 g/mol. The summed E-state index contributed by atoms with van der Waals surface area (Å²) in [4.78, 5) is 10.9. The lowest BCUT2D eigenvalue weighted by atomic mass is 9.86. The van der Waals surface area contributed by atoms with E-state index in [4.69, 9.17) is 14.4 Å². The molecule has 12 rings (SSSR count).